The van der Waals surface area contributed by atoms with Crippen molar-refractivity contribution in [3.05, 3.63) is 47.1 Å². The van der Waals surface area contributed by atoms with Crippen molar-refractivity contribution in [2.24, 2.45) is 0 Å². The number of likely N-dealkylation sites (N-methyl/N-ethyl adjacent to an activating group) is 2. The molecule has 2 aromatic rings. The second-order valence-corrected chi connectivity index (χ2v) is 6.03. The van der Waals surface area contributed by atoms with Gasteiger partial charge in [-0.15, -0.1) is 11.3 Å². The Balaban J connectivity index is 2.13. The number of nitrogens with one attached hydrogen (secondary N) is 1. The van der Waals surface area contributed by atoms with E-state index in [9.17, 15) is 14.0 Å². The summed E-state index contributed by atoms with van der Waals surface area (Å²) in [6.45, 7) is 4.72. The molecule has 2 rings (SSSR count). The highest BCUT2D eigenvalue weighted by molar-refractivity contribution is 7.17. The van der Waals surface area contributed by atoms with Crippen LogP contribution in [0.25, 0.3) is 10.4 Å². The van der Waals surface area contributed by atoms with Gasteiger partial charge >= 0.3 is 0 Å². The van der Waals surface area contributed by atoms with Gasteiger partial charge in [0.2, 0.25) is 5.91 Å². The number of hydrogen-bond acceptors (Lipinski definition) is 3. The second kappa shape index (κ2) is 7.87. The van der Waals surface area contributed by atoms with Crippen LogP contribution in [-0.2, 0) is 4.79 Å². The molecule has 0 saturated carbocycles. The Morgan fingerprint density at radius 3 is 2.43 bits per heavy atom. The minimum atomic E-state index is -0.291. The number of halogens is 1. The van der Waals surface area contributed by atoms with Crippen LogP contribution < -0.4 is 5.32 Å². The van der Waals surface area contributed by atoms with Crippen molar-refractivity contribution in [3.63, 3.8) is 0 Å². The zero-order valence-electron chi connectivity index (χ0n) is 13.1. The van der Waals surface area contributed by atoms with Gasteiger partial charge in [0.25, 0.3) is 5.91 Å². The van der Waals surface area contributed by atoms with Gasteiger partial charge in [-0.05, 0) is 43.7 Å². The molecule has 0 spiro atoms. The third kappa shape index (κ3) is 4.39. The lowest BCUT2D eigenvalue weighted by Gasteiger charge is -2.19. The van der Waals surface area contributed by atoms with Crippen molar-refractivity contribution in [2.75, 3.05) is 19.6 Å². The van der Waals surface area contributed by atoms with E-state index < -0.39 is 0 Å². The summed E-state index contributed by atoms with van der Waals surface area (Å²) < 4.78 is 13.0. The van der Waals surface area contributed by atoms with Gasteiger partial charge in [0.05, 0.1) is 11.4 Å². The molecule has 122 valence electrons. The third-order valence-corrected chi connectivity index (χ3v) is 4.45. The van der Waals surface area contributed by atoms with Crippen LogP contribution in [0.1, 0.15) is 23.5 Å². The molecule has 0 aliphatic heterocycles. The maximum absolute atomic E-state index is 13.0. The highest BCUT2D eigenvalue weighted by Crippen LogP contribution is 2.29. The molecular weight excluding hydrogens is 315 g/mol. The lowest BCUT2D eigenvalue weighted by atomic mass is 10.2. The first-order valence-electron chi connectivity index (χ1n) is 7.46. The van der Waals surface area contributed by atoms with Crippen LogP contribution in [0.2, 0.25) is 0 Å². The van der Waals surface area contributed by atoms with Crippen LogP contribution in [0, 0.1) is 5.82 Å². The molecule has 0 atom stereocenters. The average Bonchev–Trinajstić information content (AvgIpc) is 3.03. The van der Waals surface area contributed by atoms with Crippen LogP contribution >= 0.6 is 11.3 Å². The molecule has 2 amide bonds. The summed E-state index contributed by atoms with van der Waals surface area (Å²) in [5, 5.41) is 2.69. The highest BCUT2D eigenvalue weighted by atomic mass is 32.1. The van der Waals surface area contributed by atoms with Gasteiger partial charge in [-0.3, -0.25) is 9.59 Å². The number of thiophene rings is 1. The number of rotatable bonds is 6. The van der Waals surface area contributed by atoms with Crippen molar-refractivity contribution in [2.45, 2.75) is 13.8 Å². The smallest absolute Gasteiger partial charge is 0.264 e. The molecular formula is C17H19FN2O2S. The largest absolute Gasteiger partial charge is 0.355 e. The summed E-state index contributed by atoms with van der Waals surface area (Å²) >= 11 is 1.34. The molecule has 1 heterocycles. The van der Waals surface area contributed by atoms with Gasteiger partial charge in [0.1, 0.15) is 5.82 Å². The Kier molecular flexibility index (Phi) is 5.87. The van der Waals surface area contributed by atoms with E-state index in [1.165, 1.54) is 28.4 Å². The van der Waals surface area contributed by atoms with Crippen LogP contribution in [0.3, 0.4) is 0 Å². The first-order valence-corrected chi connectivity index (χ1v) is 8.28. The Hall–Kier alpha value is -2.21. The lowest BCUT2D eigenvalue weighted by molar-refractivity contribution is -0.121. The molecule has 0 bridgehead atoms. The monoisotopic (exact) mass is 334 g/mol. The zero-order valence-corrected chi connectivity index (χ0v) is 14.0. The van der Waals surface area contributed by atoms with E-state index in [-0.39, 0.29) is 24.2 Å². The van der Waals surface area contributed by atoms with Crippen molar-refractivity contribution in [1.82, 2.24) is 10.2 Å². The predicted molar refractivity (Wildman–Crippen MR) is 90.0 cm³/mol. The van der Waals surface area contributed by atoms with Crippen LogP contribution in [-0.4, -0.2) is 36.3 Å². The van der Waals surface area contributed by atoms with Crippen LogP contribution in [0.5, 0.6) is 0 Å². The quantitative estimate of drug-likeness (QED) is 0.882. The number of nitrogens with zero attached hydrogens (tertiary/aromatic N) is 1. The van der Waals surface area contributed by atoms with E-state index >= 15 is 0 Å². The minimum absolute atomic E-state index is 0.0486. The molecule has 23 heavy (non-hydrogen) atoms. The van der Waals surface area contributed by atoms with E-state index in [2.05, 4.69) is 5.32 Å². The van der Waals surface area contributed by atoms with Crippen LogP contribution in [0.15, 0.2) is 36.4 Å². The first-order chi connectivity index (χ1) is 11.0. The van der Waals surface area contributed by atoms with E-state index in [1.807, 2.05) is 19.9 Å². The number of hydrogen-bond donors (Lipinski definition) is 1. The van der Waals surface area contributed by atoms with Crippen molar-refractivity contribution < 1.29 is 14.0 Å². The standard InChI is InChI=1S/C17H19FN2O2S/c1-3-19-16(21)11-20(4-2)17(22)15-10-9-14(23-15)12-5-7-13(18)8-6-12/h5-10H,3-4,11H2,1-2H3,(H,19,21). The van der Waals surface area contributed by atoms with Crippen molar-refractivity contribution in [3.8, 4) is 10.4 Å². The molecule has 0 aliphatic carbocycles. The van der Waals surface area contributed by atoms with E-state index in [0.29, 0.717) is 18.0 Å². The van der Waals surface area contributed by atoms with Gasteiger partial charge in [0.15, 0.2) is 0 Å². The summed E-state index contributed by atoms with van der Waals surface area (Å²) in [6, 6.07) is 9.73. The summed E-state index contributed by atoms with van der Waals surface area (Å²) in [6.07, 6.45) is 0. The van der Waals surface area contributed by atoms with Gasteiger partial charge in [-0.2, -0.15) is 0 Å². The van der Waals surface area contributed by atoms with E-state index in [1.54, 1.807) is 18.2 Å². The molecule has 1 N–H and O–H groups in total. The predicted octanol–water partition coefficient (Wildman–Crippen LogP) is 3.15. The van der Waals surface area contributed by atoms with E-state index in [0.717, 1.165) is 10.4 Å². The normalized spacial score (nSPS) is 10.4. The van der Waals surface area contributed by atoms with Gasteiger partial charge in [0, 0.05) is 18.0 Å². The topological polar surface area (TPSA) is 49.4 Å². The SMILES string of the molecule is CCNC(=O)CN(CC)C(=O)c1ccc(-c2ccc(F)cc2)s1. The molecule has 0 fully saturated rings. The number of carbonyl (C=O) groups excluding carboxylic acids is 2. The fraction of sp³-hybridized carbons (Fsp3) is 0.294. The zero-order chi connectivity index (χ0) is 16.8. The van der Waals surface area contributed by atoms with Crippen LogP contribution in [0.4, 0.5) is 4.39 Å². The molecule has 6 heteroatoms. The fourth-order valence-corrected chi connectivity index (χ4v) is 3.11. The summed E-state index contributed by atoms with van der Waals surface area (Å²) in [7, 11) is 0. The van der Waals surface area contributed by atoms with Gasteiger partial charge in [-0.25, -0.2) is 4.39 Å². The molecule has 0 saturated heterocycles. The summed E-state index contributed by atoms with van der Waals surface area (Å²) in [5.74, 6) is -0.629. The minimum Gasteiger partial charge on any atom is -0.355 e. The average molecular weight is 334 g/mol. The number of carbonyl (C=O) groups is 2. The highest BCUT2D eigenvalue weighted by Gasteiger charge is 2.19. The first kappa shape index (κ1) is 17.1. The molecule has 1 aromatic heterocycles. The Labute approximate surface area is 138 Å². The van der Waals surface area contributed by atoms with E-state index in [4.69, 9.17) is 0 Å². The third-order valence-electron chi connectivity index (χ3n) is 3.32. The Bertz CT molecular complexity index is 682. The Morgan fingerprint density at radius 2 is 1.83 bits per heavy atom. The fourth-order valence-electron chi connectivity index (χ4n) is 2.13. The number of benzene rings is 1. The maximum atomic E-state index is 13.0. The molecule has 4 nitrogen and oxygen atoms in total. The lowest BCUT2D eigenvalue weighted by Crippen LogP contribution is -2.40. The number of amides is 2. The maximum Gasteiger partial charge on any atom is 0.264 e. The van der Waals surface area contributed by atoms with Crippen molar-refractivity contribution in [1.29, 1.82) is 0 Å². The molecule has 0 unspecified atom stereocenters. The molecule has 0 aliphatic rings. The Morgan fingerprint density at radius 1 is 1.13 bits per heavy atom. The van der Waals surface area contributed by atoms with Gasteiger partial charge < -0.3 is 10.2 Å². The summed E-state index contributed by atoms with van der Waals surface area (Å²) in [4.78, 5) is 27.1. The molecule has 0 radical (unpaired) electrons. The van der Waals surface area contributed by atoms with Gasteiger partial charge in [-0.1, -0.05) is 12.1 Å². The summed E-state index contributed by atoms with van der Waals surface area (Å²) in [5.41, 5.74) is 0.863. The second-order valence-electron chi connectivity index (χ2n) is 4.94. The molecule has 1 aromatic carbocycles. The van der Waals surface area contributed by atoms with Crippen molar-refractivity contribution >= 4 is 23.2 Å².